The van der Waals surface area contributed by atoms with Crippen LogP contribution in [0.2, 0.25) is 0 Å². The van der Waals surface area contributed by atoms with Gasteiger partial charge in [0.1, 0.15) is 5.75 Å². The fraction of sp³-hybridized carbons (Fsp3) is 0.462. The second-order valence-electron chi connectivity index (χ2n) is 4.34. The zero-order valence-electron chi connectivity index (χ0n) is 10.4. The van der Waals surface area contributed by atoms with E-state index >= 15 is 0 Å². The van der Waals surface area contributed by atoms with Crippen LogP contribution >= 0.6 is 15.9 Å². The average Bonchev–Trinajstić information content (AvgIpc) is 2.28. The number of hydrogen-bond donors (Lipinski definition) is 1. The number of benzene rings is 1. The van der Waals surface area contributed by atoms with Gasteiger partial charge in [0.15, 0.2) is 6.61 Å². The Morgan fingerprint density at radius 2 is 1.88 bits per heavy atom. The van der Waals surface area contributed by atoms with Crippen LogP contribution < -0.4 is 10.1 Å². The number of rotatable bonds is 5. The van der Waals surface area contributed by atoms with Crippen molar-refractivity contribution in [1.82, 2.24) is 5.32 Å². The maximum absolute atomic E-state index is 11.6. The lowest BCUT2D eigenvalue weighted by Gasteiger charge is -2.17. The van der Waals surface area contributed by atoms with Gasteiger partial charge in [-0.3, -0.25) is 4.79 Å². The van der Waals surface area contributed by atoms with Crippen molar-refractivity contribution in [3.8, 4) is 5.75 Å². The first-order chi connectivity index (χ1) is 7.99. The Morgan fingerprint density at radius 3 is 2.41 bits per heavy atom. The lowest BCUT2D eigenvalue weighted by Crippen LogP contribution is -2.38. The minimum atomic E-state index is -0.0888. The van der Waals surface area contributed by atoms with E-state index in [9.17, 15) is 4.79 Å². The Labute approximate surface area is 111 Å². The van der Waals surface area contributed by atoms with Gasteiger partial charge in [-0.15, -0.1) is 0 Å². The zero-order valence-corrected chi connectivity index (χ0v) is 12.0. The number of carbonyl (C=O) groups is 1. The van der Waals surface area contributed by atoms with Gasteiger partial charge < -0.3 is 10.1 Å². The molecule has 1 rings (SSSR count). The smallest absolute Gasteiger partial charge is 0.258 e. The highest BCUT2D eigenvalue weighted by Crippen LogP contribution is 2.15. The molecule has 0 bridgehead atoms. The van der Waals surface area contributed by atoms with Crippen LogP contribution in [0.3, 0.4) is 0 Å². The molecule has 0 aliphatic carbocycles. The summed E-state index contributed by atoms with van der Waals surface area (Å²) in [6.45, 7) is 6.18. The van der Waals surface area contributed by atoms with Crippen molar-refractivity contribution in [1.29, 1.82) is 0 Å². The van der Waals surface area contributed by atoms with Crippen molar-refractivity contribution < 1.29 is 9.53 Å². The van der Waals surface area contributed by atoms with Crippen LogP contribution in [0.4, 0.5) is 0 Å². The Balaban J connectivity index is 2.35. The molecule has 0 spiro atoms. The van der Waals surface area contributed by atoms with Gasteiger partial charge in [-0.2, -0.15) is 0 Å². The molecular weight excluding hydrogens is 282 g/mol. The van der Waals surface area contributed by atoms with Gasteiger partial charge in [-0.1, -0.05) is 29.8 Å². The highest BCUT2D eigenvalue weighted by atomic mass is 79.9. The normalized spacial score (nSPS) is 12.3. The highest BCUT2D eigenvalue weighted by Gasteiger charge is 2.10. The van der Waals surface area contributed by atoms with E-state index in [2.05, 4.69) is 35.1 Å². The molecule has 1 aromatic rings. The van der Waals surface area contributed by atoms with E-state index in [1.54, 1.807) is 0 Å². The first-order valence-corrected chi connectivity index (χ1v) is 6.46. The van der Waals surface area contributed by atoms with E-state index in [1.165, 1.54) is 0 Å². The second-order valence-corrected chi connectivity index (χ2v) is 5.26. The molecule has 1 amide bonds. The second kappa shape index (κ2) is 6.64. The SMILES string of the molecule is CC(C)[C@H](C)NC(=O)COc1ccc(Br)cc1. The maximum Gasteiger partial charge on any atom is 0.258 e. The van der Waals surface area contributed by atoms with Crippen molar-refractivity contribution in [2.45, 2.75) is 26.8 Å². The molecule has 3 nitrogen and oxygen atoms in total. The standard InChI is InChI=1S/C13H18BrNO2/c1-9(2)10(3)15-13(16)8-17-12-6-4-11(14)5-7-12/h4-7,9-10H,8H2,1-3H3,(H,15,16)/t10-/m0/s1. The molecule has 94 valence electrons. The van der Waals surface area contributed by atoms with Crippen molar-refractivity contribution >= 4 is 21.8 Å². The minimum absolute atomic E-state index is 0.0543. The molecular formula is C13H18BrNO2. The molecule has 0 radical (unpaired) electrons. The summed E-state index contributed by atoms with van der Waals surface area (Å²) in [6, 6.07) is 7.57. The van der Waals surface area contributed by atoms with Gasteiger partial charge in [0, 0.05) is 10.5 Å². The largest absolute Gasteiger partial charge is 0.484 e. The average molecular weight is 300 g/mol. The Morgan fingerprint density at radius 1 is 1.29 bits per heavy atom. The molecule has 0 saturated heterocycles. The van der Waals surface area contributed by atoms with Crippen LogP contribution in [0.15, 0.2) is 28.7 Å². The van der Waals surface area contributed by atoms with E-state index < -0.39 is 0 Å². The molecule has 0 aromatic heterocycles. The predicted molar refractivity (Wildman–Crippen MR) is 72.1 cm³/mol. The van der Waals surface area contributed by atoms with Crippen molar-refractivity contribution in [3.63, 3.8) is 0 Å². The van der Waals surface area contributed by atoms with Crippen LogP contribution in [0.1, 0.15) is 20.8 Å². The van der Waals surface area contributed by atoms with Crippen LogP contribution in [0, 0.1) is 5.92 Å². The summed E-state index contributed by atoms with van der Waals surface area (Å²) in [6.07, 6.45) is 0. The monoisotopic (exact) mass is 299 g/mol. The summed E-state index contributed by atoms with van der Waals surface area (Å²) in [7, 11) is 0. The first-order valence-electron chi connectivity index (χ1n) is 5.66. The zero-order chi connectivity index (χ0) is 12.8. The highest BCUT2D eigenvalue weighted by molar-refractivity contribution is 9.10. The van der Waals surface area contributed by atoms with Gasteiger partial charge in [-0.25, -0.2) is 0 Å². The summed E-state index contributed by atoms with van der Waals surface area (Å²) in [5.74, 6) is 1.03. The third-order valence-corrected chi connectivity index (χ3v) is 3.10. The van der Waals surface area contributed by atoms with E-state index in [-0.39, 0.29) is 18.6 Å². The molecule has 0 heterocycles. The molecule has 0 unspecified atom stereocenters. The summed E-state index contributed by atoms with van der Waals surface area (Å²) >= 11 is 3.34. The lowest BCUT2D eigenvalue weighted by atomic mass is 10.1. The van der Waals surface area contributed by atoms with Crippen LogP contribution in [0.5, 0.6) is 5.75 Å². The molecule has 0 aliphatic rings. The van der Waals surface area contributed by atoms with Crippen LogP contribution in [-0.4, -0.2) is 18.6 Å². The first kappa shape index (κ1) is 14.0. The molecule has 0 saturated carbocycles. The van der Waals surface area contributed by atoms with Crippen molar-refractivity contribution in [2.75, 3.05) is 6.61 Å². The minimum Gasteiger partial charge on any atom is -0.484 e. The van der Waals surface area contributed by atoms with Gasteiger partial charge in [0.2, 0.25) is 0 Å². The number of nitrogens with one attached hydrogen (secondary N) is 1. The van der Waals surface area contributed by atoms with Crippen LogP contribution in [-0.2, 0) is 4.79 Å². The molecule has 1 atom stereocenters. The van der Waals surface area contributed by atoms with Crippen molar-refractivity contribution in [3.05, 3.63) is 28.7 Å². The van der Waals surface area contributed by atoms with E-state index in [1.807, 2.05) is 31.2 Å². The number of carbonyl (C=O) groups excluding carboxylic acids is 1. The summed E-state index contributed by atoms with van der Waals surface area (Å²) in [5.41, 5.74) is 0. The summed E-state index contributed by atoms with van der Waals surface area (Å²) in [4.78, 5) is 11.6. The molecule has 1 N–H and O–H groups in total. The number of halogens is 1. The Bertz CT molecular complexity index is 362. The van der Waals surface area contributed by atoms with Gasteiger partial charge in [-0.05, 0) is 37.1 Å². The van der Waals surface area contributed by atoms with Gasteiger partial charge in [0.25, 0.3) is 5.91 Å². The third kappa shape index (κ3) is 5.22. The van der Waals surface area contributed by atoms with E-state index in [4.69, 9.17) is 4.74 Å². The molecule has 17 heavy (non-hydrogen) atoms. The molecule has 0 fully saturated rings. The van der Waals surface area contributed by atoms with Crippen molar-refractivity contribution in [2.24, 2.45) is 5.92 Å². The maximum atomic E-state index is 11.6. The molecule has 1 aromatic carbocycles. The summed E-state index contributed by atoms with van der Waals surface area (Å²) < 4.78 is 6.36. The topological polar surface area (TPSA) is 38.3 Å². The number of amides is 1. The quantitative estimate of drug-likeness (QED) is 0.908. The summed E-state index contributed by atoms with van der Waals surface area (Å²) in [5, 5.41) is 2.89. The number of ether oxygens (including phenoxy) is 1. The van der Waals surface area contributed by atoms with E-state index in [0.29, 0.717) is 11.7 Å². The fourth-order valence-electron chi connectivity index (χ4n) is 1.14. The number of hydrogen-bond acceptors (Lipinski definition) is 2. The van der Waals surface area contributed by atoms with Gasteiger partial charge >= 0.3 is 0 Å². The van der Waals surface area contributed by atoms with E-state index in [0.717, 1.165) is 4.47 Å². The van der Waals surface area contributed by atoms with Crippen LogP contribution in [0.25, 0.3) is 0 Å². The lowest BCUT2D eigenvalue weighted by molar-refractivity contribution is -0.124. The predicted octanol–water partition coefficient (Wildman–Crippen LogP) is 2.99. The third-order valence-electron chi connectivity index (χ3n) is 2.57. The Kier molecular flexibility index (Phi) is 5.48. The molecule has 4 heteroatoms. The Hall–Kier alpha value is -1.03. The molecule has 0 aliphatic heterocycles. The van der Waals surface area contributed by atoms with Gasteiger partial charge in [0.05, 0.1) is 0 Å². The fourth-order valence-corrected chi connectivity index (χ4v) is 1.41.